The van der Waals surface area contributed by atoms with Crippen LogP contribution in [0.15, 0.2) is 0 Å². The maximum atomic E-state index is 11.1. The quantitative estimate of drug-likeness (QED) is 0.275. The molecule has 7 heteroatoms. The van der Waals surface area contributed by atoms with Crippen molar-refractivity contribution in [3.05, 3.63) is 0 Å². The molecule has 21 heavy (non-hydrogen) atoms. The first-order chi connectivity index (χ1) is 9.98. The van der Waals surface area contributed by atoms with E-state index in [9.17, 15) is 13.2 Å². The van der Waals surface area contributed by atoms with E-state index in [1.165, 1.54) is 44.9 Å². The third kappa shape index (κ3) is 15.5. The summed E-state index contributed by atoms with van der Waals surface area (Å²) in [7, 11) is -4.23. The summed E-state index contributed by atoms with van der Waals surface area (Å²) in [4.78, 5) is 14.3. The minimum absolute atomic E-state index is 0.0418. The topological polar surface area (TPSA) is 78.9 Å². The van der Waals surface area contributed by atoms with E-state index >= 15 is 0 Å². The molecule has 0 aliphatic rings. The first-order valence-corrected chi connectivity index (χ1v) is 9.07. The molecule has 0 aromatic heterocycles. The zero-order chi connectivity index (χ0) is 16.0. The number of carbonyl (C=O) groups is 1. The SMILES string of the molecule is CCCCCCCCCCCCOS(=O)(=O)OOC(C)=O. The van der Waals surface area contributed by atoms with Crippen LogP contribution in [0.2, 0.25) is 0 Å². The van der Waals surface area contributed by atoms with Gasteiger partial charge >= 0.3 is 16.4 Å². The van der Waals surface area contributed by atoms with Crippen molar-refractivity contribution in [1.82, 2.24) is 0 Å². The Labute approximate surface area is 128 Å². The zero-order valence-electron chi connectivity index (χ0n) is 13.1. The molecule has 6 nitrogen and oxygen atoms in total. The fourth-order valence-electron chi connectivity index (χ4n) is 1.86. The van der Waals surface area contributed by atoms with Crippen LogP contribution in [0.25, 0.3) is 0 Å². The minimum atomic E-state index is -4.23. The zero-order valence-corrected chi connectivity index (χ0v) is 14.0. The van der Waals surface area contributed by atoms with E-state index in [0.29, 0.717) is 6.42 Å². The van der Waals surface area contributed by atoms with Crippen LogP contribution in [-0.4, -0.2) is 21.0 Å². The highest BCUT2D eigenvalue weighted by atomic mass is 32.3. The van der Waals surface area contributed by atoms with Gasteiger partial charge < -0.3 is 0 Å². The Morgan fingerprint density at radius 1 is 0.857 bits per heavy atom. The van der Waals surface area contributed by atoms with Gasteiger partial charge in [0.25, 0.3) is 0 Å². The van der Waals surface area contributed by atoms with E-state index in [-0.39, 0.29) is 6.61 Å². The second-order valence-electron chi connectivity index (χ2n) is 5.06. The van der Waals surface area contributed by atoms with E-state index in [1.54, 1.807) is 0 Å². The van der Waals surface area contributed by atoms with Gasteiger partial charge in [0.05, 0.1) is 6.61 Å². The number of hydrogen-bond donors (Lipinski definition) is 0. The molecule has 126 valence electrons. The Kier molecular flexibility index (Phi) is 12.6. The Bertz CT molecular complexity index is 352. The van der Waals surface area contributed by atoms with Crippen LogP contribution in [0.5, 0.6) is 0 Å². The standard InChI is InChI=1S/C14H28O6S/c1-3-4-5-6-7-8-9-10-11-12-13-18-21(16,17)20-19-14(2)15/h3-13H2,1-2H3. The summed E-state index contributed by atoms with van der Waals surface area (Å²) < 4.78 is 30.6. The lowest BCUT2D eigenvalue weighted by Crippen LogP contribution is -2.13. The smallest absolute Gasteiger partial charge is 0.280 e. The molecule has 0 aromatic rings. The van der Waals surface area contributed by atoms with Gasteiger partial charge in [-0.1, -0.05) is 64.7 Å². The molecular formula is C14H28O6S. The van der Waals surface area contributed by atoms with Crippen LogP contribution in [0, 0.1) is 0 Å². The lowest BCUT2D eigenvalue weighted by Gasteiger charge is -2.04. The van der Waals surface area contributed by atoms with Crippen LogP contribution in [0.3, 0.4) is 0 Å². The lowest BCUT2D eigenvalue weighted by atomic mass is 10.1. The average Bonchev–Trinajstić information content (AvgIpc) is 2.43. The van der Waals surface area contributed by atoms with Gasteiger partial charge in [0, 0.05) is 6.92 Å². The van der Waals surface area contributed by atoms with Gasteiger partial charge in [0.15, 0.2) is 0 Å². The summed E-state index contributed by atoms with van der Waals surface area (Å²) in [5.74, 6) is -0.846. The molecule has 0 spiro atoms. The summed E-state index contributed by atoms with van der Waals surface area (Å²) in [6, 6.07) is 0. The number of carbonyl (C=O) groups excluding carboxylic acids is 1. The summed E-state index contributed by atoms with van der Waals surface area (Å²) in [6.45, 7) is 3.29. The highest BCUT2D eigenvalue weighted by molar-refractivity contribution is 7.81. The monoisotopic (exact) mass is 324 g/mol. The molecule has 0 unspecified atom stereocenters. The van der Waals surface area contributed by atoms with E-state index in [2.05, 4.69) is 20.3 Å². The van der Waals surface area contributed by atoms with Crippen LogP contribution < -0.4 is 0 Å². The second-order valence-corrected chi connectivity index (χ2v) is 6.24. The predicted molar refractivity (Wildman–Crippen MR) is 79.6 cm³/mol. The van der Waals surface area contributed by atoms with E-state index < -0.39 is 16.4 Å². The first kappa shape index (κ1) is 20.3. The summed E-state index contributed by atoms with van der Waals surface area (Å²) in [5, 5.41) is 0. The van der Waals surface area contributed by atoms with Gasteiger partial charge in [0.1, 0.15) is 0 Å². The fraction of sp³-hybridized carbons (Fsp3) is 0.929. The molecule has 0 radical (unpaired) electrons. The van der Waals surface area contributed by atoms with Gasteiger partial charge in [-0.15, -0.1) is 0 Å². The Balaban J connectivity index is 3.33. The van der Waals surface area contributed by atoms with Gasteiger partial charge in [-0.2, -0.15) is 8.42 Å². The van der Waals surface area contributed by atoms with Crippen LogP contribution in [0.1, 0.15) is 78.1 Å². The maximum Gasteiger partial charge on any atom is 0.435 e. The second kappa shape index (κ2) is 13.0. The van der Waals surface area contributed by atoms with Gasteiger partial charge in [-0.05, 0) is 10.8 Å². The Hall–Kier alpha value is -0.660. The fourth-order valence-corrected chi connectivity index (χ4v) is 2.40. The largest absolute Gasteiger partial charge is 0.435 e. The Morgan fingerprint density at radius 2 is 1.33 bits per heavy atom. The van der Waals surface area contributed by atoms with Gasteiger partial charge in [-0.3, -0.25) is 4.89 Å². The summed E-state index contributed by atoms with van der Waals surface area (Å²) >= 11 is 0. The summed E-state index contributed by atoms with van der Waals surface area (Å²) in [6.07, 6.45) is 11.5. The predicted octanol–water partition coefficient (Wildman–Crippen LogP) is 3.66. The average molecular weight is 324 g/mol. The highest BCUT2D eigenvalue weighted by Gasteiger charge is 2.14. The van der Waals surface area contributed by atoms with E-state index in [4.69, 9.17) is 0 Å². The minimum Gasteiger partial charge on any atom is -0.280 e. The molecule has 0 amide bonds. The molecule has 0 atom stereocenters. The maximum absolute atomic E-state index is 11.1. The number of hydrogen-bond acceptors (Lipinski definition) is 6. The molecule has 0 aliphatic carbocycles. The van der Waals surface area contributed by atoms with Crippen molar-refractivity contribution < 1.29 is 26.6 Å². The summed E-state index contributed by atoms with van der Waals surface area (Å²) in [5.41, 5.74) is 0. The lowest BCUT2D eigenvalue weighted by molar-refractivity contribution is -0.212. The van der Waals surface area contributed by atoms with Crippen LogP contribution >= 0.6 is 0 Å². The molecule has 0 heterocycles. The van der Waals surface area contributed by atoms with E-state index in [1.807, 2.05) is 0 Å². The van der Waals surface area contributed by atoms with Gasteiger partial charge in [-0.25, -0.2) is 8.98 Å². The van der Waals surface area contributed by atoms with Crippen molar-refractivity contribution in [2.75, 3.05) is 6.61 Å². The molecule has 0 N–H and O–H groups in total. The first-order valence-electron chi connectivity index (χ1n) is 7.74. The molecule has 0 aromatic carbocycles. The van der Waals surface area contributed by atoms with Crippen molar-refractivity contribution in [2.45, 2.75) is 78.1 Å². The number of rotatable bonds is 14. The third-order valence-corrected chi connectivity index (χ3v) is 3.65. The molecular weight excluding hydrogens is 296 g/mol. The third-order valence-electron chi connectivity index (χ3n) is 2.96. The van der Waals surface area contributed by atoms with Crippen molar-refractivity contribution in [1.29, 1.82) is 0 Å². The Morgan fingerprint density at radius 3 is 1.81 bits per heavy atom. The van der Waals surface area contributed by atoms with Crippen molar-refractivity contribution in [3.63, 3.8) is 0 Å². The molecule has 0 aliphatic heterocycles. The van der Waals surface area contributed by atoms with Gasteiger partial charge in [0.2, 0.25) is 0 Å². The molecule has 0 fully saturated rings. The van der Waals surface area contributed by atoms with Crippen molar-refractivity contribution >= 4 is 16.4 Å². The highest BCUT2D eigenvalue weighted by Crippen LogP contribution is 2.10. The number of unbranched alkanes of at least 4 members (excludes halogenated alkanes) is 9. The molecule has 0 bridgehead atoms. The van der Waals surface area contributed by atoms with E-state index in [0.717, 1.165) is 19.8 Å². The van der Waals surface area contributed by atoms with Crippen LogP contribution in [-0.2, 0) is 28.6 Å². The van der Waals surface area contributed by atoms with Crippen molar-refractivity contribution in [2.24, 2.45) is 0 Å². The molecule has 0 rings (SSSR count). The van der Waals surface area contributed by atoms with Crippen LogP contribution in [0.4, 0.5) is 0 Å². The molecule has 0 saturated heterocycles. The molecule has 0 saturated carbocycles. The normalized spacial score (nSPS) is 11.5. The van der Waals surface area contributed by atoms with Crippen molar-refractivity contribution in [3.8, 4) is 0 Å².